The number of anilines is 1. The molecule has 0 spiro atoms. The summed E-state index contributed by atoms with van der Waals surface area (Å²) < 4.78 is 0. The van der Waals surface area contributed by atoms with E-state index in [1.807, 2.05) is 11.0 Å². The largest absolute Gasteiger partial charge is 0.480 e. The molecule has 0 aliphatic carbocycles. The van der Waals surface area contributed by atoms with Gasteiger partial charge < -0.3 is 15.7 Å². The number of hydrogen-bond donors (Lipinski definition) is 2. The van der Waals surface area contributed by atoms with Gasteiger partial charge in [-0.2, -0.15) is 0 Å². The Morgan fingerprint density at radius 3 is 2.43 bits per heavy atom. The Morgan fingerprint density at radius 2 is 1.86 bits per heavy atom. The van der Waals surface area contributed by atoms with Gasteiger partial charge in [0, 0.05) is 24.8 Å². The summed E-state index contributed by atoms with van der Waals surface area (Å²) in [6.07, 6.45) is 1.75. The number of nitrogens with two attached hydrogens (primary N) is 1. The molecule has 1 aliphatic heterocycles. The molecule has 3 N–H and O–H groups in total. The van der Waals surface area contributed by atoms with Crippen LogP contribution < -0.4 is 10.6 Å². The number of benzene rings is 1. The van der Waals surface area contributed by atoms with Crippen molar-refractivity contribution in [3.05, 3.63) is 30.3 Å². The van der Waals surface area contributed by atoms with Crippen molar-refractivity contribution in [2.75, 3.05) is 31.1 Å². The highest BCUT2D eigenvalue weighted by Gasteiger charge is 2.23. The summed E-state index contributed by atoms with van der Waals surface area (Å²) in [5, 5.41) is 9.01. The molecule has 1 aromatic rings. The maximum Gasteiger partial charge on any atom is 0.323 e. The number of amides is 1. The molecule has 0 saturated carbocycles. The van der Waals surface area contributed by atoms with Crippen LogP contribution in [0.15, 0.2) is 30.3 Å². The zero-order valence-electron chi connectivity index (χ0n) is 11.9. The number of piperidine rings is 1. The molecule has 0 bridgehead atoms. The zero-order chi connectivity index (χ0) is 15.2. The Kier molecular flexibility index (Phi) is 5.30. The molecule has 1 fully saturated rings. The molecule has 114 valence electrons. The van der Waals surface area contributed by atoms with E-state index in [-0.39, 0.29) is 25.0 Å². The number of para-hydroxylation sites is 1. The summed E-state index contributed by atoms with van der Waals surface area (Å²) in [4.78, 5) is 26.8. The van der Waals surface area contributed by atoms with Crippen LogP contribution >= 0.6 is 0 Å². The number of rotatable bonds is 5. The summed E-state index contributed by atoms with van der Waals surface area (Å²) in [6, 6.07) is 9.11. The van der Waals surface area contributed by atoms with Crippen molar-refractivity contribution in [3.8, 4) is 0 Å². The van der Waals surface area contributed by atoms with Gasteiger partial charge in [0.05, 0.1) is 6.54 Å². The van der Waals surface area contributed by atoms with Gasteiger partial charge >= 0.3 is 5.97 Å². The summed E-state index contributed by atoms with van der Waals surface area (Å²) in [7, 11) is 0. The first-order valence-corrected chi connectivity index (χ1v) is 7.11. The fourth-order valence-corrected chi connectivity index (χ4v) is 2.45. The topological polar surface area (TPSA) is 86.9 Å². The first-order valence-electron chi connectivity index (χ1n) is 7.11. The van der Waals surface area contributed by atoms with Gasteiger partial charge in [-0.15, -0.1) is 0 Å². The van der Waals surface area contributed by atoms with E-state index in [1.54, 1.807) is 24.3 Å². The van der Waals surface area contributed by atoms with E-state index in [0.717, 1.165) is 25.9 Å². The summed E-state index contributed by atoms with van der Waals surface area (Å²) >= 11 is 0. The van der Waals surface area contributed by atoms with E-state index < -0.39 is 5.97 Å². The van der Waals surface area contributed by atoms with Gasteiger partial charge in [0.1, 0.15) is 6.54 Å². The summed E-state index contributed by atoms with van der Waals surface area (Å²) in [5.74, 6) is -1.22. The fraction of sp³-hybridized carbons (Fsp3) is 0.467. The number of likely N-dealkylation sites (tertiary alicyclic amines) is 1. The van der Waals surface area contributed by atoms with Crippen molar-refractivity contribution in [2.24, 2.45) is 5.73 Å². The molecule has 6 nitrogen and oxygen atoms in total. The first-order chi connectivity index (χ1) is 10.1. The van der Waals surface area contributed by atoms with Gasteiger partial charge in [-0.1, -0.05) is 18.2 Å². The van der Waals surface area contributed by atoms with Crippen LogP contribution in [0.3, 0.4) is 0 Å². The van der Waals surface area contributed by atoms with Crippen molar-refractivity contribution in [2.45, 2.75) is 18.9 Å². The van der Waals surface area contributed by atoms with Crippen LogP contribution in [0, 0.1) is 0 Å². The van der Waals surface area contributed by atoms with Crippen molar-refractivity contribution in [1.29, 1.82) is 0 Å². The van der Waals surface area contributed by atoms with Crippen LogP contribution in [0.5, 0.6) is 0 Å². The quantitative estimate of drug-likeness (QED) is 0.826. The molecule has 2 rings (SSSR count). The van der Waals surface area contributed by atoms with Crippen molar-refractivity contribution in [3.63, 3.8) is 0 Å². The molecule has 1 aliphatic rings. The van der Waals surface area contributed by atoms with E-state index in [9.17, 15) is 9.59 Å². The Balaban J connectivity index is 2.02. The second-order valence-corrected chi connectivity index (χ2v) is 5.32. The lowest BCUT2D eigenvalue weighted by Gasteiger charge is -2.31. The number of carbonyl (C=O) groups excluding carboxylic acids is 1. The molecule has 21 heavy (non-hydrogen) atoms. The molecule has 1 heterocycles. The lowest BCUT2D eigenvalue weighted by molar-refractivity contribution is -0.136. The highest BCUT2D eigenvalue weighted by molar-refractivity contribution is 5.98. The van der Waals surface area contributed by atoms with E-state index >= 15 is 0 Å². The number of carbonyl (C=O) groups is 2. The van der Waals surface area contributed by atoms with Crippen LogP contribution in [0.4, 0.5) is 5.69 Å². The highest BCUT2D eigenvalue weighted by atomic mass is 16.4. The van der Waals surface area contributed by atoms with Gasteiger partial charge in [0.25, 0.3) is 0 Å². The lowest BCUT2D eigenvalue weighted by Crippen LogP contribution is -2.47. The van der Waals surface area contributed by atoms with E-state index in [4.69, 9.17) is 10.8 Å². The molecule has 1 aromatic carbocycles. The van der Waals surface area contributed by atoms with Crippen LogP contribution in [-0.2, 0) is 9.59 Å². The minimum atomic E-state index is -1.02. The monoisotopic (exact) mass is 291 g/mol. The van der Waals surface area contributed by atoms with Gasteiger partial charge in [-0.05, 0) is 25.0 Å². The fourth-order valence-electron chi connectivity index (χ4n) is 2.45. The number of nitrogens with zero attached hydrogens (tertiary/aromatic N) is 2. The standard InChI is InChI=1S/C15H21N3O3/c16-12-6-8-17(9-7-12)10-14(19)18(11-15(20)21)13-4-2-1-3-5-13/h1-5,12H,6-11,16H2,(H,20,21). The smallest absolute Gasteiger partial charge is 0.323 e. The summed E-state index contributed by atoms with van der Waals surface area (Å²) in [6.45, 7) is 1.47. The third kappa shape index (κ3) is 4.54. The van der Waals surface area contributed by atoms with Crippen LogP contribution in [-0.4, -0.2) is 54.1 Å². The third-order valence-electron chi connectivity index (χ3n) is 3.65. The molecule has 0 radical (unpaired) electrons. The molecule has 0 aromatic heterocycles. The van der Waals surface area contributed by atoms with Crippen LogP contribution in [0.2, 0.25) is 0 Å². The maximum absolute atomic E-state index is 12.4. The molecular formula is C15H21N3O3. The normalized spacial score (nSPS) is 16.6. The average molecular weight is 291 g/mol. The number of hydrogen-bond acceptors (Lipinski definition) is 4. The number of aliphatic carboxylic acids is 1. The molecule has 0 unspecified atom stereocenters. The van der Waals surface area contributed by atoms with Gasteiger partial charge in [-0.3, -0.25) is 14.5 Å². The van der Waals surface area contributed by atoms with Gasteiger partial charge in [0.15, 0.2) is 0 Å². The molecule has 1 amide bonds. The Morgan fingerprint density at radius 1 is 1.24 bits per heavy atom. The predicted octanol–water partition coefficient (Wildman–Crippen LogP) is 0.527. The zero-order valence-corrected chi connectivity index (χ0v) is 11.9. The predicted molar refractivity (Wildman–Crippen MR) is 80.1 cm³/mol. The summed E-state index contributed by atoms with van der Waals surface area (Å²) in [5.41, 5.74) is 6.45. The van der Waals surface area contributed by atoms with Gasteiger partial charge in [0.2, 0.25) is 5.91 Å². The van der Waals surface area contributed by atoms with Crippen molar-refractivity contribution >= 4 is 17.6 Å². The van der Waals surface area contributed by atoms with Gasteiger partial charge in [-0.25, -0.2) is 0 Å². The number of carboxylic acid groups (broad SMARTS) is 1. The molecule has 1 saturated heterocycles. The van der Waals surface area contributed by atoms with E-state index in [1.165, 1.54) is 4.90 Å². The van der Waals surface area contributed by atoms with Crippen LogP contribution in [0.1, 0.15) is 12.8 Å². The van der Waals surface area contributed by atoms with E-state index in [0.29, 0.717) is 5.69 Å². The molecule has 0 atom stereocenters. The SMILES string of the molecule is NC1CCN(CC(=O)N(CC(=O)O)c2ccccc2)CC1. The Bertz CT molecular complexity index is 484. The van der Waals surface area contributed by atoms with Crippen LogP contribution in [0.25, 0.3) is 0 Å². The first kappa shape index (κ1) is 15.5. The van der Waals surface area contributed by atoms with Crippen molar-refractivity contribution < 1.29 is 14.7 Å². The minimum Gasteiger partial charge on any atom is -0.480 e. The third-order valence-corrected chi connectivity index (χ3v) is 3.65. The molecule has 6 heteroatoms. The Hall–Kier alpha value is -1.92. The Labute approximate surface area is 124 Å². The van der Waals surface area contributed by atoms with E-state index in [2.05, 4.69) is 0 Å². The lowest BCUT2D eigenvalue weighted by atomic mass is 10.1. The second kappa shape index (κ2) is 7.19. The number of carboxylic acids is 1. The van der Waals surface area contributed by atoms with Crippen molar-refractivity contribution in [1.82, 2.24) is 4.90 Å². The minimum absolute atomic E-state index is 0.195. The molecular weight excluding hydrogens is 270 g/mol. The maximum atomic E-state index is 12.4. The highest BCUT2D eigenvalue weighted by Crippen LogP contribution is 2.15. The second-order valence-electron chi connectivity index (χ2n) is 5.32. The average Bonchev–Trinajstić information content (AvgIpc) is 2.48.